The van der Waals surface area contributed by atoms with Gasteiger partial charge < -0.3 is 9.42 Å². The molecule has 5 rings (SSSR count). The van der Waals surface area contributed by atoms with E-state index in [0.717, 1.165) is 23.1 Å². The Kier molecular flexibility index (Phi) is 7.35. The van der Waals surface area contributed by atoms with E-state index in [0.29, 0.717) is 37.6 Å². The molecule has 0 bridgehead atoms. The molecule has 0 atom stereocenters. The molecule has 1 amide bonds. The normalized spacial score (nSPS) is 14.4. The highest BCUT2D eigenvalue weighted by Crippen LogP contribution is 2.29. The van der Waals surface area contributed by atoms with Crippen LogP contribution in [0, 0.1) is 0 Å². The number of piperazine rings is 1. The van der Waals surface area contributed by atoms with Crippen molar-refractivity contribution in [2.24, 2.45) is 0 Å². The minimum atomic E-state index is 0.129. The third-order valence-corrected chi connectivity index (χ3v) is 6.91. The highest BCUT2D eigenvalue weighted by Gasteiger charge is 2.28. The summed E-state index contributed by atoms with van der Waals surface area (Å²) in [6.07, 6.45) is 0.808. The Balaban J connectivity index is 1.18. The van der Waals surface area contributed by atoms with Crippen LogP contribution in [0.25, 0.3) is 11.4 Å². The van der Waals surface area contributed by atoms with Crippen molar-refractivity contribution in [1.82, 2.24) is 19.9 Å². The van der Waals surface area contributed by atoms with Crippen LogP contribution in [0.1, 0.15) is 29.5 Å². The van der Waals surface area contributed by atoms with Crippen LogP contribution in [0.5, 0.6) is 0 Å². The van der Waals surface area contributed by atoms with Crippen molar-refractivity contribution in [1.29, 1.82) is 0 Å². The third-order valence-electron chi connectivity index (χ3n) is 6.39. The molecular formula is C28H27BrN4O2. The van der Waals surface area contributed by atoms with Crippen LogP contribution in [0.4, 0.5) is 0 Å². The van der Waals surface area contributed by atoms with E-state index in [1.54, 1.807) is 0 Å². The fraction of sp³-hybridized carbons (Fsp3) is 0.250. The van der Waals surface area contributed by atoms with Crippen LogP contribution < -0.4 is 0 Å². The lowest BCUT2D eigenvalue weighted by Crippen LogP contribution is -2.49. The van der Waals surface area contributed by atoms with Crippen molar-refractivity contribution >= 4 is 21.8 Å². The minimum absolute atomic E-state index is 0.129. The van der Waals surface area contributed by atoms with Gasteiger partial charge in [-0.15, -0.1) is 0 Å². The third kappa shape index (κ3) is 5.69. The molecule has 1 aromatic heterocycles. The first-order valence-corrected chi connectivity index (χ1v) is 12.7. The fourth-order valence-corrected chi connectivity index (χ4v) is 4.82. The summed E-state index contributed by atoms with van der Waals surface area (Å²) in [5.41, 5.74) is 3.44. The molecule has 7 heteroatoms. The molecule has 1 aliphatic rings. The van der Waals surface area contributed by atoms with Gasteiger partial charge in [-0.1, -0.05) is 81.8 Å². The van der Waals surface area contributed by atoms with E-state index in [1.807, 2.05) is 41.3 Å². The zero-order valence-electron chi connectivity index (χ0n) is 19.4. The van der Waals surface area contributed by atoms with Crippen molar-refractivity contribution < 1.29 is 9.32 Å². The number of carbonyl (C=O) groups is 1. The Hall–Kier alpha value is -3.29. The summed E-state index contributed by atoms with van der Waals surface area (Å²) in [5.74, 6) is 1.16. The lowest BCUT2D eigenvalue weighted by Gasteiger charge is -2.39. The van der Waals surface area contributed by atoms with E-state index in [9.17, 15) is 4.79 Å². The first-order chi connectivity index (χ1) is 17.2. The predicted molar refractivity (Wildman–Crippen MR) is 139 cm³/mol. The lowest BCUT2D eigenvalue weighted by molar-refractivity contribution is -0.133. The summed E-state index contributed by atoms with van der Waals surface area (Å²) in [4.78, 5) is 21.8. The molecule has 2 heterocycles. The number of hydrogen-bond acceptors (Lipinski definition) is 5. The maximum absolute atomic E-state index is 12.9. The van der Waals surface area contributed by atoms with Gasteiger partial charge in [-0.05, 0) is 35.4 Å². The predicted octanol–water partition coefficient (Wildman–Crippen LogP) is 5.37. The molecule has 1 aliphatic heterocycles. The Morgan fingerprint density at radius 3 is 2.06 bits per heavy atom. The summed E-state index contributed by atoms with van der Waals surface area (Å²) >= 11 is 3.43. The van der Waals surface area contributed by atoms with E-state index in [4.69, 9.17) is 4.52 Å². The molecule has 0 saturated carbocycles. The van der Waals surface area contributed by atoms with Gasteiger partial charge in [0.25, 0.3) is 0 Å². The van der Waals surface area contributed by atoms with Crippen molar-refractivity contribution in [3.05, 3.63) is 106 Å². The van der Waals surface area contributed by atoms with Gasteiger partial charge in [0.15, 0.2) is 0 Å². The quantitative estimate of drug-likeness (QED) is 0.321. The molecule has 3 aromatic carbocycles. The van der Waals surface area contributed by atoms with Crippen molar-refractivity contribution in [2.75, 3.05) is 26.2 Å². The maximum atomic E-state index is 12.9. The van der Waals surface area contributed by atoms with Gasteiger partial charge in [0, 0.05) is 49.1 Å². The molecule has 1 fully saturated rings. The van der Waals surface area contributed by atoms with Gasteiger partial charge in [-0.25, -0.2) is 0 Å². The molecule has 0 N–H and O–H groups in total. The number of rotatable bonds is 7. The first kappa shape index (κ1) is 23.5. The van der Waals surface area contributed by atoms with Crippen LogP contribution in [0.3, 0.4) is 0 Å². The summed E-state index contributed by atoms with van der Waals surface area (Å²) < 4.78 is 6.38. The standard InChI is InChI=1S/C28H27BrN4O2/c29-24-13-11-23(12-14-24)28-30-25(35-31-28)15-16-26(34)32-17-19-33(20-18-32)27(21-7-3-1-4-8-21)22-9-5-2-6-10-22/h1-14,27H,15-20H2. The average Bonchev–Trinajstić information content (AvgIpc) is 3.39. The second-order valence-electron chi connectivity index (χ2n) is 8.66. The second kappa shape index (κ2) is 11.0. The Bertz CT molecular complexity index is 1200. The number of amides is 1. The first-order valence-electron chi connectivity index (χ1n) is 11.9. The van der Waals surface area contributed by atoms with Crippen LogP contribution >= 0.6 is 15.9 Å². The molecule has 0 unspecified atom stereocenters. The van der Waals surface area contributed by atoms with E-state index < -0.39 is 0 Å². The Morgan fingerprint density at radius 1 is 0.857 bits per heavy atom. The summed E-state index contributed by atoms with van der Waals surface area (Å²) in [5, 5.41) is 4.06. The monoisotopic (exact) mass is 530 g/mol. The molecule has 178 valence electrons. The number of aromatic nitrogens is 2. The zero-order valence-corrected chi connectivity index (χ0v) is 21.0. The molecular weight excluding hydrogens is 504 g/mol. The van der Waals surface area contributed by atoms with E-state index >= 15 is 0 Å². The summed E-state index contributed by atoms with van der Waals surface area (Å²) in [6.45, 7) is 3.08. The molecule has 35 heavy (non-hydrogen) atoms. The highest BCUT2D eigenvalue weighted by atomic mass is 79.9. The molecule has 6 nitrogen and oxygen atoms in total. The Labute approximate surface area is 213 Å². The topological polar surface area (TPSA) is 62.5 Å². The zero-order chi connectivity index (χ0) is 24.0. The van der Waals surface area contributed by atoms with Crippen LogP contribution in [-0.2, 0) is 11.2 Å². The number of benzene rings is 3. The largest absolute Gasteiger partial charge is 0.340 e. The van der Waals surface area contributed by atoms with Gasteiger partial charge in [0.2, 0.25) is 17.6 Å². The van der Waals surface area contributed by atoms with Gasteiger partial charge in [-0.3, -0.25) is 9.69 Å². The SMILES string of the molecule is O=C(CCc1nc(-c2ccc(Br)cc2)no1)N1CCN(C(c2ccccc2)c2ccccc2)CC1. The van der Waals surface area contributed by atoms with Crippen LogP contribution in [0.15, 0.2) is 93.9 Å². The van der Waals surface area contributed by atoms with Crippen molar-refractivity contribution in [3.8, 4) is 11.4 Å². The van der Waals surface area contributed by atoms with E-state index in [1.165, 1.54) is 11.1 Å². The maximum Gasteiger partial charge on any atom is 0.227 e. The van der Waals surface area contributed by atoms with Crippen molar-refractivity contribution in [3.63, 3.8) is 0 Å². The second-order valence-corrected chi connectivity index (χ2v) is 9.57. The van der Waals surface area contributed by atoms with E-state index in [-0.39, 0.29) is 11.9 Å². The van der Waals surface area contributed by atoms with Gasteiger partial charge in [0.1, 0.15) is 0 Å². The molecule has 4 aromatic rings. The fourth-order valence-electron chi connectivity index (χ4n) is 4.56. The number of aryl methyl sites for hydroxylation is 1. The highest BCUT2D eigenvalue weighted by molar-refractivity contribution is 9.10. The van der Waals surface area contributed by atoms with Crippen molar-refractivity contribution in [2.45, 2.75) is 18.9 Å². The van der Waals surface area contributed by atoms with E-state index in [2.05, 4.69) is 79.5 Å². The summed E-state index contributed by atoms with van der Waals surface area (Å²) in [6, 6.07) is 29.1. The Morgan fingerprint density at radius 2 is 1.46 bits per heavy atom. The minimum Gasteiger partial charge on any atom is -0.340 e. The van der Waals surface area contributed by atoms with Gasteiger partial charge >= 0.3 is 0 Å². The average molecular weight is 531 g/mol. The molecule has 1 saturated heterocycles. The molecule has 0 radical (unpaired) electrons. The van der Waals surface area contributed by atoms with Gasteiger partial charge in [-0.2, -0.15) is 4.98 Å². The molecule has 0 spiro atoms. The number of carbonyl (C=O) groups excluding carboxylic acids is 1. The number of halogens is 1. The van der Waals surface area contributed by atoms with Crippen LogP contribution in [0.2, 0.25) is 0 Å². The summed E-state index contributed by atoms with van der Waals surface area (Å²) in [7, 11) is 0. The number of nitrogens with zero attached hydrogens (tertiary/aromatic N) is 4. The van der Waals surface area contributed by atoms with Gasteiger partial charge in [0.05, 0.1) is 6.04 Å². The lowest BCUT2D eigenvalue weighted by atomic mass is 9.96. The number of hydrogen-bond donors (Lipinski definition) is 0. The smallest absolute Gasteiger partial charge is 0.227 e. The molecule has 0 aliphatic carbocycles. The van der Waals surface area contributed by atoms with Crippen LogP contribution in [-0.4, -0.2) is 52.0 Å².